The van der Waals surface area contributed by atoms with Gasteiger partial charge in [-0.05, 0) is 19.4 Å². The quantitative estimate of drug-likeness (QED) is 0.827. The topological polar surface area (TPSA) is 63.1 Å². The first-order chi connectivity index (χ1) is 9.97. The molecule has 1 amide bonds. The molecule has 3 rings (SSSR count). The van der Waals surface area contributed by atoms with Crippen LogP contribution in [0.3, 0.4) is 0 Å². The Kier molecular flexibility index (Phi) is 3.60. The number of hydrogen-bond acceptors (Lipinski definition) is 4. The van der Waals surface area contributed by atoms with Crippen molar-refractivity contribution < 1.29 is 18.0 Å². The minimum absolute atomic E-state index is 0.00925. The largest absolute Gasteiger partial charge is 0.451 e. The summed E-state index contributed by atoms with van der Waals surface area (Å²) in [7, 11) is 0. The van der Waals surface area contributed by atoms with Gasteiger partial charge in [-0.1, -0.05) is 0 Å². The maximum atomic E-state index is 12.7. The number of nitrogens with zero attached hydrogens (tertiary/aromatic N) is 4. The monoisotopic (exact) mass is 303 g/mol. The van der Waals surface area contributed by atoms with E-state index in [2.05, 4.69) is 15.5 Å². The third-order valence-corrected chi connectivity index (χ3v) is 3.96. The molecule has 1 aromatic heterocycles. The Morgan fingerprint density at radius 3 is 2.76 bits per heavy atom. The zero-order valence-electron chi connectivity index (χ0n) is 11.4. The van der Waals surface area contributed by atoms with Crippen LogP contribution in [0.2, 0.25) is 0 Å². The second kappa shape index (κ2) is 5.28. The summed E-state index contributed by atoms with van der Waals surface area (Å²) in [5, 5.41) is 9.97. The number of aromatic nitrogens is 3. The summed E-state index contributed by atoms with van der Waals surface area (Å²) < 4.78 is 39.3. The van der Waals surface area contributed by atoms with E-state index in [-0.39, 0.29) is 37.3 Å². The lowest BCUT2D eigenvalue weighted by Gasteiger charge is -2.32. The molecule has 0 aliphatic carbocycles. The molecule has 1 saturated heterocycles. The summed E-state index contributed by atoms with van der Waals surface area (Å²) in [6.45, 7) is 1.99. The molecule has 0 spiro atoms. The van der Waals surface area contributed by atoms with Crippen LogP contribution in [0.25, 0.3) is 0 Å². The average molecular weight is 303 g/mol. The van der Waals surface area contributed by atoms with Crippen LogP contribution in [0.4, 0.5) is 13.2 Å². The van der Waals surface area contributed by atoms with Gasteiger partial charge in [0.1, 0.15) is 0 Å². The number of nitrogens with one attached hydrogen (secondary N) is 1. The van der Waals surface area contributed by atoms with E-state index in [4.69, 9.17) is 0 Å². The van der Waals surface area contributed by atoms with Crippen molar-refractivity contribution >= 4 is 5.91 Å². The Morgan fingerprint density at radius 1 is 1.29 bits per heavy atom. The van der Waals surface area contributed by atoms with Crippen molar-refractivity contribution in [3.63, 3.8) is 0 Å². The fourth-order valence-corrected chi connectivity index (χ4v) is 2.88. The third kappa shape index (κ3) is 2.74. The predicted molar refractivity (Wildman–Crippen MR) is 66.0 cm³/mol. The molecule has 2 aliphatic rings. The lowest BCUT2D eigenvalue weighted by atomic mass is 9.98. The standard InChI is InChI=1S/C12H16F3N5O/c13-12(14,15)11-18-17-9-7-19(4-5-20(9)11)10(21)8-2-1-3-16-6-8/h8,16H,1-7H2. The van der Waals surface area contributed by atoms with Gasteiger partial charge in [0, 0.05) is 19.6 Å². The molecule has 0 radical (unpaired) electrons. The number of amides is 1. The van der Waals surface area contributed by atoms with E-state index in [0.717, 1.165) is 24.0 Å². The van der Waals surface area contributed by atoms with Crippen LogP contribution in [0.15, 0.2) is 0 Å². The van der Waals surface area contributed by atoms with E-state index in [1.54, 1.807) is 4.90 Å². The molecular weight excluding hydrogens is 287 g/mol. The Morgan fingerprint density at radius 2 is 2.10 bits per heavy atom. The smallest absolute Gasteiger partial charge is 0.333 e. The molecule has 116 valence electrons. The van der Waals surface area contributed by atoms with Crippen molar-refractivity contribution in [2.75, 3.05) is 19.6 Å². The molecule has 2 aliphatic heterocycles. The first-order valence-corrected chi connectivity index (χ1v) is 6.95. The number of hydrogen-bond donors (Lipinski definition) is 1. The van der Waals surface area contributed by atoms with Gasteiger partial charge >= 0.3 is 6.18 Å². The zero-order chi connectivity index (χ0) is 15.0. The van der Waals surface area contributed by atoms with Crippen molar-refractivity contribution in [2.24, 2.45) is 5.92 Å². The third-order valence-electron chi connectivity index (χ3n) is 3.96. The number of carbonyl (C=O) groups is 1. The molecule has 21 heavy (non-hydrogen) atoms. The Bertz CT molecular complexity index is 535. The highest BCUT2D eigenvalue weighted by molar-refractivity contribution is 5.79. The van der Waals surface area contributed by atoms with E-state index >= 15 is 0 Å². The molecule has 6 nitrogen and oxygen atoms in total. The predicted octanol–water partition coefficient (Wildman–Crippen LogP) is 0.639. The number of piperidine rings is 1. The van der Waals surface area contributed by atoms with Crippen molar-refractivity contribution in [2.45, 2.75) is 32.1 Å². The van der Waals surface area contributed by atoms with Gasteiger partial charge in [0.2, 0.25) is 11.7 Å². The summed E-state index contributed by atoms with van der Waals surface area (Å²) in [5.41, 5.74) is 0. The van der Waals surface area contributed by atoms with Gasteiger partial charge in [0.25, 0.3) is 0 Å². The van der Waals surface area contributed by atoms with Gasteiger partial charge in [-0.2, -0.15) is 13.2 Å². The summed E-state index contributed by atoms with van der Waals surface area (Å²) in [6, 6.07) is 0. The fraction of sp³-hybridized carbons (Fsp3) is 0.750. The van der Waals surface area contributed by atoms with Crippen LogP contribution in [0.5, 0.6) is 0 Å². The summed E-state index contributed by atoms with van der Waals surface area (Å²) in [5.74, 6) is -0.880. The normalized spacial score (nSPS) is 23.0. The molecule has 1 unspecified atom stereocenters. The van der Waals surface area contributed by atoms with E-state index < -0.39 is 12.0 Å². The first-order valence-electron chi connectivity index (χ1n) is 6.95. The van der Waals surface area contributed by atoms with Crippen molar-refractivity contribution in [3.05, 3.63) is 11.6 Å². The number of alkyl halides is 3. The van der Waals surface area contributed by atoms with Crippen LogP contribution < -0.4 is 5.32 Å². The highest BCUT2D eigenvalue weighted by Gasteiger charge is 2.40. The SMILES string of the molecule is O=C(C1CCCNC1)N1CCn2c(nnc2C(F)(F)F)C1. The highest BCUT2D eigenvalue weighted by atomic mass is 19.4. The maximum absolute atomic E-state index is 12.7. The van der Waals surface area contributed by atoms with Crippen molar-refractivity contribution in [1.29, 1.82) is 0 Å². The van der Waals surface area contributed by atoms with Crippen LogP contribution in [0.1, 0.15) is 24.5 Å². The van der Waals surface area contributed by atoms with Gasteiger partial charge in [0.15, 0.2) is 5.82 Å². The van der Waals surface area contributed by atoms with Crippen molar-refractivity contribution in [3.8, 4) is 0 Å². The Balaban J connectivity index is 1.73. The maximum Gasteiger partial charge on any atom is 0.451 e. The van der Waals surface area contributed by atoms with Crippen LogP contribution >= 0.6 is 0 Å². The second-order valence-electron chi connectivity index (χ2n) is 5.39. The lowest BCUT2D eigenvalue weighted by molar-refractivity contribution is -0.148. The molecule has 1 aromatic rings. The number of halogens is 3. The van der Waals surface area contributed by atoms with Gasteiger partial charge in [0.05, 0.1) is 12.5 Å². The summed E-state index contributed by atoms with van der Waals surface area (Å²) in [6.07, 6.45) is -2.74. The minimum Gasteiger partial charge on any atom is -0.333 e. The number of fused-ring (bicyclic) bond motifs is 1. The zero-order valence-corrected chi connectivity index (χ0v) is 11.4. The minimum atomic E-state index is -4.51. The number of carbonyl (C=O) groups excluding carboxylic acids is 1. The molecule has 0 bridgehead atoms. The molecule has 9 heteroatoms. The summed E-state index contributed by atoms with van der Waals surface area (Å²) >= 11 is 0. The Hall–Kier alpha value is -1.64. The molecule has 1 fully saturated rings. The van der Waals surface area contributed by atoms with Crippen LogP contribution in [0, 0.1) is 5.92 Å². The summed E-state index contributed by atoms with van der Waals surface area (Å²) in [4.78, 5) is 14.0. The van der Waals surface area contributed by atoms with E-state index in [1.807, 2.05) is 0 Å². The van der Waals surface area contributed by atoms with Crippen LogP contribution in [-0.2, 0) is 24.1 Å². The number of rotatable bonds is 1. The van der Waals surface area contributed by atoms with Crippen LogP contribution in [-0.4, -0.2) is 45.2 Å². The molecule has 0 saturated carbocycles. The van der Waals surface area contributed by atoms with E-state index in [9.17, 15) is 18.0 Å². The molecule has 3 heterocycles. The van der Waals surface area contributed by atoms with Gasteiger partial charge in [-0.25, -0.2) is 0 Å². The van der Waals surface area contributed by atoms with Gasteiger partial charge < -0.3 is 14.8 Å². The van der Waals surface area contributed by atoms with Crippen molar-refractivity contribution in [1.82, 2.24) is 25.0 Å². The molecule has 0 aromatic carbocycles. The molecule has 1 atom stereocenters. The van der Waals surface area contributed by atoms with E-state index in [1.165, 1.54) is 0 Å². The Labute approximate surface area is 119 Å². The van der Waals surface area contributed by atoms with E-state index in [0.29, 0.717) is 6.54 Å². The van der Waals surface area contributed by atoms with Gasteiger partial charge in [-0.15, -0.1) is 10.2 Å². The molecule has 1 N–H and O–H groups in total. The highest BCUT2D eigenvalue weighted by Crippen LogP contribution is 2.29. The molecular formula is C12H16F3N5O. The fourth-order valence-electron chi connectivity index (χ4n) is 2.88. The average Bonchev–Trinajstić information content (AvgIpc) is 2.90. The van der Waals surface area contributed by atoms with Gasteiger partial charge in [-0.3, -0.25) is 4.79 Å². The first kappa shape index (κ1) is 14.3. The second-order valence-corrected chi connectivity index (χ2v) is 5.39. The lowest BCUT2D eigenvalue weighted by Crippen LogP contribution is -2.46.